The molecule has 0 aliphatic rings. The maximum Gasteiger partial charge on any atom is 0.416 e. The quantitative estimate of drug-likeness (QED) is 0.327. The van der Waals surface area contributed by atoms with Crippen molar-refractivity contribution in [1.82, 2.24) is 9.97 Å². The van der Waals surface area contributed by atoms with Crippen LogP contribution in [0.3, 0.4) is 0 Å². The lowest BCUT2D eigenvalue weighted by Gasteiger charge is -2.21. The molecule has 4 aromatic rings. The molecule has 178 valence electrons. The smallest absolute Gasteiger partial charge is 0.416 e. The summed E-state index contributed by atoms with van der Waals surface area (Å²) in [5, 5.41) is 9.97. The number of nitrogens with zero attached hydrogens (tertiary/aromatic N) is 2. The van der Waals surface area contributed by atoms with Gasteiger partial charge in [0.1, 0.15) is 5.01 Å². The highest BCUT2D eigenvalue weighted by Crippen LogP contribution is 2.34. The van der Waals surface area contributed by atoms with Gasteiger partial charge in [0.25, 0.3) is 0 Å². The fourth-order valence-electron chi connectivity index (χ4n) is 3.28. The van der Waals surface area contributed by atoms with Crippen LogP contribution in [0.25, 0.3) is 21.7 Å². The van der Waals surface area contributed by atoms with Gasteiger partial charge in [-0.15, -0.1) is 11.3 Å². The van der Waals surface area contributed by atoms with Crippen molar-refractivity contribution in [3.05, 3.63) is 64.5 Å². The topological polar surface area (TPSA) is 85.5 Å². The molecule has 0 aliphatic carbocycles. The number of fused-ring (bicyclic) bond motifs is 1. The largest absolute Gasteiger partial charge is 0.478 e. The fraction of sp³-hybridized carbons (Fsp3) is 0.292. The zero-order valence-corrected chi connectivity index (χ0v) is 19.4. The minimum atomic E-state index is -4.38. The molecule has 2 aromatic carbocycles. The number of carbonyl (C=O) groups is 1. The SMILES string of the molecule is Cc1nc(-c2ccc(C(F)(F)F)cc2)sc1CCc1nc2c(OC(C)(C)C(=O)O)cccc2o1. The summed E-state index contributed by atoms with van der Waals surface area (Å²) in [7, 11) is 0. The predicted octanol–water partition coefficient (Wildman–Crippen LogP) is 6.31. The monoisotopic (exact) mass is 490 g/mol. The van der Waals surface area contributed by atoms with Crippen molar-refractivity contribution in [3.8, 4) is 16.3 Å². The molecule has 0 saturated carbocycles. The van der Waals surface area contributed by atoms with Crippen LogP contribution >= 0.6 is 11.3 Å². The van der Waals surface area contributed by atoms with Crippen molar-refractivity contribution in [2.75, 3.05) is 0 Å². The van der Waals surface area contributed by atoms with E-state index < -0.39 is 23.3 Å². The minimum Gasteiger partial charge on any atom is -0.478 e. The molecule has 0 aliphatic heterocycles. The second-order valence-corrected chi connectivity index (χ2v) is 9.31. The van der Waals surface area contributed by atoms with Crippen molar-refractivity contribution in [3.63, 3.8) is 0 Å². The molecule has 0 spiro atoms. The average molecular weight is 491 g/mol. The Morgan fingerprint density at radius 1 is 1.09 bits per heavy atom. The van der Waals surface area contributed by atoms with Gasteiger partial charge in [0.2, 0.25) is 0 Å². The van der Waals surface area contributed by atoms with Gasteiger partial charge in [0, 0.05) is 16.9 Å². The van der Waals surface area contributed by atoms with Crippen LogP contribution in [0.1, 0.15) is 35.9 Å². The van der Waals surface area contributed by atoms with Gasteiger partial charge in [0.05, 0.1) is 11.3 Å². The normalized spacial score (nSPS) is 12.3. The lowest BCUT2D eigenvalue weighted by atomic mass is 10.1. The summed E-state index contributed by atoms with van der Waals surface area (Å²) < 4.78 is 49.9. The first-order valence-corrected chi connectivity index (χ1v) is 11.2. The minimum absolute atomic E-state index is 0.318. The number of aryl methyl sites for hydroxylation is 3. The number of hydrogen-bond donors (Lipinski definition) is 1. The Morgan fingerprint density at radius 2 is 1.79 bits per heavy atom. The molecule has 4 rings (SSSR count). The number of rotatable bonds is 7. The molecule has 0 radical (unpaired) electrons. The molecule has 34 heavy (non-hydrogen) atoms. The number of ether oxygens (including phenoxy) is 1. The maximum absolute atomic E-state index is 12.8. The molecule has 10 heteroatoms. The average Bonchev–Trinajstić information content (AvgIpc) is 3.35. The molecular formula is C24H21F3N2O4S. The summed E-state index contributed by atoms with van der Waals surface area (Å²) in [6.07, 6.45) is -3.34. The molecule has 1 N–H and O–H groups in total. The van der Waals surface area contributed by atoms with Gasteiger partial charge in [-0.05, 0) is 51.5 Å². The van der Waals surface area contributed by atoms with Crippen LogP contribution < -0.4 is 4.74 Å². The number of carboxylic acids is 1. The highest BCUT2D eigenvalue weighted by molar-refractivity contribution is 7.15. The van der Waals surface area contributed by atoms with Gasteiger partial charge in [0.15, 0.2) is 28.3 Å². The van der Waals surface area contributed by atoms with Gasteiger partial charge in [-0.1, -0.05) is 18.2 Å². The number of thiazole rings is 1. The zero-order valence-electron chi connectivity index (χ0n) is 18.6. The van der Waals surface area contributed by atoms with Gasteiger partial charge in [-0.25, -0.2) is 14.8 Å². The second-order valence-electron chi connectivity index (χ2n) is 8.23. The van der Waals surface area contributed by atoms with E-state index in [4.69, 9.17) is 9.15 Å². The molecule has 6 nitrogen and oxygen atoms in total. The lowest BCUT2D eigenvalue weighted by molar-refractivity contribution is -0.152. The molecule has 0 fully saturated rings. The number of benzene rings is 2. The Hall–Kier alpha value is -3.40. The molecule has 0 amide bonds. The summed E-state index contributed by atoms with van der Waals surface area (Å²) in [6.45, 7) is 4.76. The van der Waals surface area contributed by atoms with E-state index in [1.54, 1.807) is 18.2 Å². The van der Waals surface area contributed by atoms with Crippen molar-refractivity contribution in [2.24, 2.45) is 0 Å². The summed E-state index contributed by atoms with van der Waals surface area (Å²) in [5.41, 5.74) is 0.219. The van der Waals surface area contributed by atoms with Crippen LogP contribution in [0.5, 0.6) is 5.75 Å². The Morgan fingerprint density at radius 3 is 2.44 bits per heavy atom. The highest BCUT2D eigenvalue weighted by atomic mass is 32.1. The van der Waals surface area contributed by atoms with Crippen molar-refractivity contribution in [1.29, 1.82) is 0 Å². The van der Waals surface area contributed by atoms with E-state index in [9.17, 15) is 23.1 Å². The Balaban J connectivity index is 1.51. The summed E-state index contributed by atoms with van der Waals surface area (Å²) >= 11 is 1.41. The van der Waals surface area contributed by atoms with Crippen molar-refractivity contribution >= 4 is 28.4 Å². The summed E-state index contributed by atoms with van der Waals surface area (Å²) in [5.74, 6) is -0.320. The van der Waals surface area contributed by atoms with E-state index in [0.717, 1.165) is 22.7 Å². The van der Waals surface area contributed by atoms with Gasteiger partial charge < -0.3 is 14.3 Å². The van der Waals surface area contributed by atoms with Crippen LogP contribution in [0, 0.1) is 6.92 Å². The van der Waals surface area contributed by atoms with E-state index >= 15 is 0 Å². The Bertz CT molecular complexity index is 1340. The number of para-hydroxylation sites is 1. The predicted molar refractivity (Wildman–Crippen MR) is 121 cm³/mol. The number of alkyl halides is 3. The molecule has 0 bridgehead atoms. The molecule has 0 atom stereocenters. The first kappa shape index (κ1) is 23.7. The first-order chi connectivity index (χ1) is 15.9. The first-order valence-electron chi connectivity index (χ1n) is 10.4. The molecule has 0 saturated heterocycles. The highest BCUT2D eigenvalue weighted by Gasteiger charge is 2.31. The van der Waals surface area contributed by atoms with Gasteiger partial charge >= 0.3 is 12.1 Å². The molecular weight excluding hydrogens is 469 g/mol. The standard InChI is InChI=1S/C24H21F3N2O4S/c1-13-18(34-21(28-13)14-7-9-15(10-8-14)24(25,26)27)11-12-19-29-20-16(32-19)5-4-6-17(20)33-23(2,3)22(30)31/h4-10H,11-12H2,1-3H3,(H,30,31). The fourth-order valence-corrected chi connectivity index (χ4v) is 4.35. The summed E-state index contributed by atoms with van der Waals surface area (Å²) in [4.78, 5) is 21.4. The van der Waals surface area contributed by atoms with Crippen LogP contribution in [0.15, 0.2) is 46.9 Å². The maximum atomic E-state index is 12.8. The van der Waals surface area contributed by atoms with E-state index in [-0.39, 0.29) is 0 Å². The number of carboxylic acid groups (broad SMARTS) is 1. The van der Waals surface area contributed by atoms with Crippen LogP contribution in [0.2, 0.25) is 0 Å². The zero-order chi connectivity index (χ0) is 24.7. The molecule has 2 aromatic heterocycles. The van der Waals surface area contributed by atoms with Gasteiger partial charge in [-0.3, -0.25) is 0 Å². The summed E-state index contributed by atoms with van der Waals surface area (Å²) in [6, 6.07) is 10.0. The Kier molecular flexibility index (Phi) is 6.11. The van der Waals surface area contributed by atoms with E-state index in [1.165, 1.54) is 37.3 Å². The van der Waals surface area contributed by atoms with E-state index in [1.807, 2.05) is 6.92 Å². The third-order valence-electron chi connectivity index (χ3n) is 5.22. The van der Waals surface area contributed by atoms with Crippen LogP contribution in [-0.4, -0.2) is 26.6 Å². The molecule has 2 heterocycles. The van der Waals surface area contributed by atoms with Crippen molar-refractivity contribution < 1.29 is 32.2 Å². The third-order valence-corrected chi connectivity index (χ3v) is 6.49. The Labute approximate surface area is 197 Å². The van der Waals surface area contributed by atoms with E-state index in [0.29, 0.717) is 46.2 Å². The lowest BCUT2D eigenvalue weighted by Crippen LogP contribution is -2.37. The number of halogens is 3. The van der Waals surface area contributed by atoms with Crippen molar-refractivity contribution in [2.45, 2.75) is 45.4 Å². The third kappa shape index (κ3) is 4.91. The number of hydrogen-bond acceptors (Lipinski definition) is 6. The molecule has 0 unspecified atom stereocenters. The van der Waals surface area contributed by atoms with Gasteiger partial charge in [-0.2, -0.15) is 13.2 Å². The van der Waals surface area contributed by atoms with Crippen LogP contribution in [0.4, 0.5) is 13.2 Å². The number of oxazole rings is 1. The van der Waals surface area contributed by atoms with E-state index in [2.05, 4.69) is 9.97 Å². The van der Waals surface area contributed by atoms with Crippen LogP contribution in [-0.2, 0) is 23.8 Å². The number of aliphatic carboxylic acids is 1. The second kappa shape index (κ2) is 8.75. The number of aromatic nitrogens is 2.